The highest BCUT2D eigenvalue weighted by Gasteiger charge is 2.25. The molecule has 0 radical (unpaired) electrons. The zero-order chi connectivity index (χ0) is 7.68. The number of rotatable bonds is 1. The molecule has 1 heterocycles. The molecule has 1 fully saturated rings. The van der Waals surface area contributed by atoms with Crippen molar-refractivity contribution >= 4 is 18.0 Å². The van der Waals surface area contributed by atoms with Crippen LogP contribution in [0.4, 0.5) is 0 Å². The molecule has 0 unspecified atom stereocenters. The van der Waals surface area contributed by atoms with Gasteiger partial charge < -0.3 is 0 Å². The molecule has 0 spiro atoms. The maximum atomic E-state index is 10.8. The smallest absolute Gasteiger partial charge is 0.252 e. The second kappa shape index (κ2) is 2.57. The van der Waals surface area contributed by atoms with E-state index in [1.807, 2.05) is 0 Å². The number of nitrogens with zero attached hydrogens (tertiary/aromatic N) is 2. The zero-order valence-corrected chi connectivity index (χ0v) is 6.29. The van der Waals surface area contributed by atoms with Gasteiger partial charge in [0, 0.05) is 5.71 Å². The molecule has 11 heavy (non-hydrogen) atoms. The number of amides is 1. The van der Waals surface area contributed by atoms with Crippen molar-refractivity contribution in [1.82, 2.24) is 0 Å². The maximum absolute atomic E-state index is 10.8. The molecule has 3 heteroatoms. The Morgan fingerprint density at radius 1 is 1.45 bits per heavy atom. The van der Waals surface area contributed by atoms with E-state index in [1.54, 1.807) is 0 Å². The molecule has 0 bridgehead atoms. The van der Waals surface area contributed by atoms with Gasteiger partial charge in [0.2, 0.25) is 0 Å². The number of carbonyl (C=O) groups excluding carboxylic acids is 1. The Bertz CT molecular complexity index is 238. The molecule has 0 atom stereocenters. The highest BCUT2D eigenvalue weighted by molar-refractivity contribution is 6.10. The summed E-state index contributed by atoms with van der Waals surface area (Å²) in [7, 11) is 0. The first-order valence-corrected chi connectivity index (χ1v) is 3.98. The number of aliphatic imine (C=N–C) groups is 2. The highest BCUT2D eigenvalue weighted by atomic mass is 16.1. The van der Waals surface area contributed by atoms with E-state index in [4.69, 9.17) is 0 Å². The van der Waals surface area contributed by atoms with Crippen LogP contribution in [0, 0.1) is 5.92 Å². The van der Waals surface area contributed by atoms with Gasteiger partial charge in [0.05, 0.1) is 6.42 Å². The predicted molar refractivity (Wildman–Crippen MR) is 42.9 cm³/mol. The molecule has 1 aliphatic carbocycles. The molecule has 58 valence electrons. The molecular weight excluding hydrogens is 140 g/mol. The average Bonchev–Trinajstić information content (AvgIpc) is 1.83. The number of carbonyl (C=O) groups is 1. The molecule has 0 saturated heterocycles. The fourth-order valence-corrected chi connectivity index (χ4v) is 1.40. The Labute approximate surface area is 65.2 Å². The topological polar surface area (TPSA) is 41.8 Å². The van der Waals surface area contributed by atoms with Crippen molar-refractivity contribution in [3.63, 3.8) is 0 Å². The van der Waals surface area contributed by atoms with Crippen LogP contribution in [0.5, 0.6) is 0 Å². The second-order valence-corrected chi connectivity index (χ2v) is 3.06. The molecule has 0 aromatic heterocycles. The van der Waals surface area contributed by atoms with Crippen molar-refractivity contribution in [2.45, 2.75) is 25.7 Å². The van der Waals surface area contributed by atoms with Crippen LogP contribution < -0.4 is 0 Å². The van der Waals surface area contributed by atoms with Crippen LogP contribution in [0.15, 0.2) is 9.98 Å². The first kappa shape index (κ1) is 6.70. The van der Waals surface area contributed by atoms with Gasteiger partial charge >= 0.3 is 0 Å². The summed E-state index contributed by atoms with van der Waals surface area (Å²) in [6.45, 7) is 0. The lowest BCUT2D eigenvalue weighted by Gasteiger charge is -2.26. The Morgan fingerprint density at radius 3 is 2.82 bits per heavy atom. The normalized spacial score (nSPS) is 24.7. The van der Waals surface area contributed by atoms with E-state index >= 15 is 0 Å². The van der Waals surface area contributed by atoms with Crippen LogP contribution in [0.25, 0.3) is 0 Å². The Morgan fingerprint density at radius 2 is 2.27 bits per heavy atom. The fourth-order valence-electron chi connectivity index (χ4n) is 1.40. The third-order valence-corrected chi connectivity index (χ3v) is 2.33. The average molecular weight is 150 g/mol. The van der Waals surface area contributed by atoms with Crippen LogP contribution in [-0.2, 0) is 4.79 Å². The summed E-state index contributed by atoms with van der Waals surface area (Å²) < 4.78 is 0. The van der Waals surface area contributed by atoms with Gasteiger partial charge in [0.1, 0.15) is 6.34 Å². The van der Waals surface area contributed by atoms with Gasteiger partial charge in [-0.1, -0.05) is 6.42 Å². The van der Waals surface area contributed by atoms with Crippen molar-refractivity contribution < 1.29 is 4.79 Å². The monoisotopic (exact) mass is 150 g/mol. The fraction of sp³-hybridized carbons (Fsp3) is 0.625. The van der Waals surface area contributed by atoms with Crippen LogP contribution in [0.2, 0.25) is 0 Å². The summed E-state index contributed by atoms with van der Waals surface area (Å²) in [6, 6.07) is 0. The quantitative estimate of drug-likeness (QED) is 0.553. The van der Waals surface area contributed by atoms with Crippen molar-refractivity contribution in [1.29, 1.82) is 0 Å². The van der Waals surface area contributed by atoms with Gasteiger partial charge in [-0.05, 0) is 18.8 Å². The Hall–Kier alpha value is -0.990. The molecule has 3 nitrogen and oxygen atoms in total. The molecule has 1 saturated carbocycles. The van der Waals surface area contributed by atoms with E-state index in [1.165, 1.54) is 25.6 Å². The molecular formula is C8H10N2O. The first-order chi connectivity index (χ1) is 5.36. The standard InChI is InChI=1S/C8H10N2O/c11-8-4-7(9-5-10-8)6-2-1-3-6/h5-6H,1-4H2. The van der Waals surface area contributed by atoms with Gasteiger partial charge in [-0.25, -0.2) is 9.98 Å². The summed E-state index contributed by atoms with van der Waals surface area (Å²) in [5, 5.41) is 0. The molecule has 1 aliphatic heterocycles. The van der Waals surface area contributed by atoms with E-state index in [9.17, 15) is 4.79 Å². The summed E-state index contributed by atoms with van der Waals surface area (Å²) in [4.78, 5) is 18.5. The lowest BCUT2D eigenvalue weighted by atomic mass is 9.80. The Balaban J connectivity index is 2.07. The summed E-state index contributed by atoms with van der Waals surface area (Å²) in [5.41, 5.74) is 1.05. The predicted octanol–water partition coefficient (Wildman–Crippen LogP) is 1.19. The van der Waals surface area contributed by atoms with Crippen molar-refractivity contribution in [2.75, 3.05) is 0 Å². The maximum Gasteiger partial charge on any atom is 0.252 e. The largest absolute Gasteiger partial charge is 0.272 e. The second-order valence-electron chi connectivity index (χ2n) is 3.06. The highest BCUT2D eigenvalue weighted by Crippen LogP contribution is 2.29. The van der Waals surface area contributed by atoms with Gasteiger partial charge in [-0.15, -0.1) is 0 Å². The molecule has 0 aromatic rings. The molecule has 2 rings (SSSR count). The Kier molecular flexibility index (Phi) is 1.56. The van der Waals surface area contributed by atoms with Gasteiger partial charge in [0.15, 0.2) is 0 Å². The van der Waals surface area contributed by atoms with E-state index in [-0.39, 0.29) is 5.91 Å². The lowest BCUT2D eigenvalue weighted by molar-refractivity contribution is -0.116. The first-order valence-electron chi connectivity index (χ1n) is 3.98. The minimum atomic E-state index is -0.0399. The van der Waals surface area contributed by atoms with E-state index in [2.05, 4.69) is 9.98 Å². The summed E-state index contributed by atoms with van der Waals surface area (Å²) >= 11 is 0. The third kappa shape index (κ3) is 1.23. The minimum Gasteiger partial charge on any atom is -0.272 e. The van der Waals surface area contributed by atoms with Crippen molar-refractivity contribution in [3.8, 4) is 0 Å². The SMILES string of the molecule is O=C1CC(C2CCC2)=NC=N1. The lowest BCUT2D eigenvalue weighted by Crippen LogP contribution is -2.25. The number of hydrogen-bond acceptors (Lipinski definition) is 2. The third-order valence-electron chi connectivity index (χ3n) is 2.33. The molecule has 0 N–H and O–H groups in total. The van der Waals surface area contributed by atoms with Gasteiger partial charge in [-0.3, -0.25) is 4.79 Å². The van der Waals surface area contributed by atoms with Crippen molar-refractivity contribution in [3.05, 3.63) is 0 Å². The number of hydrogen-bond donors (Lipinski definition) is 0. The molecule has 0 aromatic carbocycles. The van der Waals surface area contributed by atoms with Crippen LogP contribution in [0.3, 0.4) is 0 Å². The van der Waals surface area contributed by atoms with Crippen LogP contribution >= 0.6 is 0 Å². The van der Waals surface area contributed by atoms with E-state index < -0.39 is 0 Å². The molecule has 1 amide bonds. The van der Waals surface area contributed by atoms with Crippen LogP contribution in [-0.4, -0.2) is 18.0 Å². The van der Waals surface area contributed by atoms with Crippen LogP contribution in [0.1, 0.15) is 25.7 Å². The zero-order valence-electron chi connectivity index (χ0n) is 6.29. The van der Waals surface area contributed by atoms with E-state index in [0.29, 0.717) is 12.3 Å². The minimum absolute atomic E-state index is 0.0399. The molecule has 2 aliphatic rings. The van der Waals surface area contributed by atoms with Gasteiger partial charge in [-0.2, -0.15) is 0 Å². The summed E-state index contributed by atoms with van der Waals surface area (Å²) in [6.07, 6.45) is 5.55. The van der Waals surface area contributed by atoms with Crippen molar-refractivity contribution in [2.24, 2.45) is 15.9 Å². The van der Waals surface area contributed by atoms with E-state index in [0.717, 1.165) is 5.71 Å². The van der Waals surface area contributed by atoms with Gasteiger partial charge in [0.25, 0.3) is 5.91 Å². The summed E-state index contributed by atoms with van der Waals surface area (Å²) in [5.74, 6) is 0.549.